The van der Waals surface area contributed by atoms with Crippen LogP contribution in [-0.4, -0.2) is 0 Å². The summed E-state index contributed by atoms with van der Waals surface area (Å²) in [6, 6.07) is 75.3. The molecule has 0 fully saturated rings. The van der Waals surface area contributed by atoms with Gasteiger partial charge in [-0.3, -0.25) is 0 Å². The zero-order valence-electron chi connectivity index (χ0n) is 31.4. The van der Waals surface area contributed by atoms with Crippen molar-refractivity contribution in [2.45, 2.75) is 5.41 Å². The summed E-state index contributed by atoms with van der Waals surface area (Å²) in [5, 5.41) is 1.24. The minimum Gasteiger partial charge on any atom is -0.310 e. The Balaban J connectivity index is 1.08. The van der Waals surface area contributed by atoms with E-state index in [1.54, 1.807) is 0 Å². The van der Waals surface area contributed by atoms with Crippen LogP contribution in [0.5, 0.6) is 0 Å². The first-order chi connectivity index (χ1) is 28.3. The van der Waals surface area contributed by atoms with Gasteiger partial charge in [-0.25, -0.2) is 0 Å². The molecule has 270 valence electrons. The molecule has 2 heteroatoms. The number of nitrogens with zero attached hydrogens (tertiary/aromatic N) is 1. The molecule has 0 atom stereocenters. The molecule has 8 aromatic carbocycles. The van der Waals surface area contributed by atoms with Gasteiger partial charge in [0.1, 0.15) is 0 Å². The molecule has 57 heavy (non-hydrogen) atoms. The highest BCUT2D eigenvalue weighted by Crippen LogP contribution is 2.56. The fraction of sp³-hybridized carbons (Fsp3) is 0.0182. The Morgan fingerprint density at radius 3 is 1.61 bits per heavy atom. The molecule has 0 saturated carbocycles. The third-order valence-corrected chi connectivity index (χ3v) is 12.5. The molecule has 0 spiro atoms. The van der Waals surface area contributed by atoms with Crippen molar-refractivity contribution in [3.63, 3.8) is 0 Å². The summed E-state index contributed by atoms with van der Waals surface area (Å²) in [7, 11) is 0. The van der Waals surface area contributed by atoms with Crippen molar-refractivity contribution < 1.29 is 0 Å². The summed E-state index contributed by atoms with van der Waals surface area (Å²) >= 11 is 1.82. The first-order valence-corrected chi connectivity index (χ1v) is 20.3. The van der Waals surface area contributed by atoms with Crippen molar-refractivity contribution in [2.24, 2.45) is 0 Å². The lowest BCUT2D eigenvalue weighted by atomic mass is 9.67. The predicted molar refractivity (Wildman–Crippen MR) is 244 cm³/mol. The van der Waals surface area contributed by atoms with Gasteiger partial charge in [0.15, 0.2) is 0 Å². The molecular formula is C55H39NS. The van der Waals surface area contributed by atoms with Gasteiger partial charge in [0.2, 0.25) is 0 Å². The van der Waals surface area contributed by atoms with Crippen LogP contribution in [0.25, 0.3) is 49.5 Å². The zero-order chi connectivity index (χ0) is 38.2. The number of para-hydroxylation sites is 1. The average molecular weight is 746 g/mol. The highest BCUT2D eigenvalue weighted by atomic mass is 32.1. The van der Waals surface area contributed by atoms with Crippen LogP contribution >= 0.6 is 11.3 Å². The van der Waals surface area contributed by atoms with Crippen LogP contribution in [0.1, 0.15) is 27.1 Å². The minimum atomic E-state index is -0.407. The second kappa shape index (κ2) is 14.6. The number of hydrogen-bond acceptors (Lipinski definition) is 2. The second-order valence-corrected chi connectivity index (χ2v) is 15.5. The van der Waals surface area contributed by atoms with E-state index in [2.05, 4.69) is 224 Å². The zero-order valence-corrected chi connectivity index (χ0v) is 32.2. The van der Waals surface area contributed by atoms with E-state index in [-0.39, 0.29) is 0 Å². The normalized spacial score (nSPS) is 12.7. The summed E-state index contributed by atoms with van der Waals surface area (Å²) < 4.78 is 1.24. The Labute approximate surface area is 338 Å². The van der Waals surface area contributed by atoms with Gasteiger partial charge >= 0.3 is 0 Å². The standard InChI is InChI=1S/C55H39NS/c1-2-3-29-51-53(41-18-7-4-8-19-41)54-50(28-17-30-52(54)57-51)56(44-22-11-6-12-23-44)45-37-33-40(34-38-45)39-31-35-43(36-32-39)55(42-20-9-5-10-21-42)48-26-15-13-24-46(48)47-25-14-16-27-49(47)55/h2-38H,1H2/b29-3-. The molecular weight excluding hydrogens is 707 g/mol. The van der Waals surface area contributed by atoms with E-state index in [9.17, 15) is 0 Å². The van der Waals surface area contributed by atoms with Crippen molar-refractivity contribution in [3.05, 3.63) is 252 Å². The number of anilines is 3. The van der Waals surface area contributed by atoms with Crippen LogP contribution in [0.4, 0.5) is 17.1 Å². The van der Waals surface area contributed by atoms with Crippen LogP contribution in [0.2, 0.25) is 0 Å². The van der Waals surface area contributed by atoms with E-state index in [4.69, 9.17) is 0 Å². The molecule has 0 amide bonds. The lowest BCUT2D eigenvalue weighted by Crippen LogP contribution is -2.28. The quantitative estimate of drug-likeness (QED) is 0.133. The van der Waals surface area contributed by atoms with E-state index in [1.807, 2.05) is 23.5 Å². The summed E-state index contributed by atoms with van der Waals surface area (Å²) in [5.74, 6) is 0. The molecule has 0 radical (unpaired) electrons. The Morgan fingerprint density at radius 2 is 0.982 bits per heavy atom. The Morgan fingerprint density at radius 1 is 0.456 bits per heavy atom. The van der Waals surface area contributed by atoms with Gasteiger partial charge in [-0.05, 0) is 92.5 Å². The van der Waals surface area contributed by atoms with Gasteiger partial charge < -0.3 is 4.90 Å². The predicted octanol–water partition coefficient (Wildman–Crippen LogP) is 15.3. The number of allylic oxidation sites excluding steroid dienone is 2. The smallest absolute Gasteiger partial charge is 0.0713 e. The Bertz CT molecular complexity index is 2840. The van der Waals surface area contributed by atoms with E-state index < -0.39 is 5.41 Å². The van der Waals surface area contributed by atoms with Crippen LogP contribution in [0.3, 0.4) is 0 Å². The molecule has 0 unspecified atom stereocenters. The van der Waals surface area contributed by atoms with Crippen LogP contribution in [0.15, 0.2) is 225 Å². The van der Waals surface area contributed by atoms with Gasteiger partial charge in [0.05, 0.1) is 11.1 Å². The third-order valence-electron chi connectivity index (χ3n) is 11.4. The van der Waals surface area contributed by atoms with E-state index in [1.165, 1.54) is 70.6 Å². The summed E-state index contributed by atoms with van der Waals surface area (Å²) in [4.78, 5) is 3.61. The SMILES string of the molecule is C=C/C=C\c1sc2cccc(N(c3ccccc3)c3ccc(-c4ccc(C5(c6ccccc6)c6ccccc6-c6ccccc65)cc4)cc3)c2c1-c1ccccc1. The summed E-state index contributed by atoms with van der Waals surface area (Å²) in [5.41, 5.74) is 15.6. The van der Waals surface area contributed by atoms with Crippen LogP contribution in [0, 0.1) is 0 Å². The van der Waals surface area contributed by atoms with Gasteiger partial charge in [-0.1, -0.05) is 189 Å². The summed E-state index contributed by atoms with van der Waals surface area (Å²) in [6.07, 6.45) is 6.06. The van der Waals surface area contributed by atoms with Crippen molar-refractivity contribution in [3.8, 4) is 33.4 Å². The molecule has 9 aromatic rings. The first-order valence-electron chi connectivity index (χ1n) is 19.5. The largest absolute Gasteiger partial charge is 0.310 e. The minimum absolute atomic E-state index is 0.407. The highest BCUT2D eigenvalue weighted by molar-refractivity contribution is 7.20. The fourth-order valence-corrected chi connectivity index (χ4v) is 10.1. The third kappa shape index (κ3) is 5.77. The van der Waals surface area contributed by atoms with Crippen molar-refractivity contribution in [1.29, 1.82) is 0 Å². The van der Waals surface area contributed by atoms with E-state index >= 15 is 0 Å². The Kier molecular flexibility index (Phi) is 8.82. The molecule has 1 aliphatic carbocycles. The molecule has 0 N–H and O–H groups in total. The van der Waals surface area contributed by atoms with Crippen LogP contribution in [-0.2, 0) is 5.41 Å². The lowest BCUT2D eigenvalue weighted by Gasteiger charge is -2.34. The monoisotopic (exact) mass is 745 g/mol. The van der Waals surface area contributed by atoms with Crippen molar-refractivity contribution in [1.82, 2.24) is 0 Å². The van der Waals surface area contributed by atoms with Gasteiger partial charge in [0, 0.05) is 31.9 Å². The van der Waals surface area contributed by atoms with E-state index in [0.717, 1.165) is 17.1 Å². The number of benzene rings is 8. The van der Waals surface area contributed by atoms with Crippen molar-refractivity contribution in [2.75, 3.05) is 4.90 Å². The highest BCUT2D eigenvalue weighted by Gasteiger charge is 2.45. The molecule has 10 rings (SSSR count). The fourth-order valence-electron chi connectivity index (χ4n) is 8.93. The van der Waals surface area contributed by atoms with Gasteiger partial charge in [-0.2, -0.15) is 0 Å². The topological polar surface area (TPSA) is 3.24 Å². The number of hydrogen-bond donors (Lipinski definition) is 0. The number of rotatable bonds is 9. The van der Waals surface area contributed by atoms with Gasteiger partial charge in [-0.15, -0.1) is 11.3 Å². The summed E-state index contributed by atoms with van der Waals surface area (Å²) in [6.45, 7) is 3.95. The average Bonchev–Trinajstić information content (AvgIpc) is 3.81. The maximum Gasteiger partial charge on any atom is 0.0713 e. The molecule has 1 aromatic heterocycles. The molecule has 0 bridgehead atoms. The maximum atomic E-state index is 3.95. The van der Waals surface area contributed by atoms with Crippen molar-refractivity contribution >= 4 is 44.6 Å². The molecule has 0 aliphatic heterocycles. The molecule has 1 aliphatic rings. The maximum absolute atomic E-state index is 3.95. The van der Waals surface area contributed by atoms with E-state index in [0.29, 0.717) is 0 Å². The number of thiophene rings is 1. The second-order valence-electron chi connectivity index (χ2n) is 14.5. The molecule has 1 nitrogen and oxygen atoms in total. The van der Waals surface area contributed by atoms with Crippen LogP contribution < -0.4 is 4.90 Å². The van der Waals surface area contributed by atoms with Gasteiger partial charge in [0.25, 0.3) is 0 Å². The Hall–Kier alpha value is -7.00. The number of fused-ring (bicyclic) bond motifs is 4. The first kappa shape index (κ1) is 34.5. The molecule has 0 saturated heterocycles. The lowest BCUT2D eigenvalue weighted by molar-refractivity contribution is 0.768. The molecule has 1 heterocycles.